The Morgan fingerprint density at radius 3 is 2.23 bits per heavy atom. The molecule has 0 saturated heterocycles. The molecule has 1 aliphatic heterocycles. The predicted molar refractivity (Wildman–Crippen MR) is 128 cm³/mol. The van der Waals surface area contributed by atoms with Gasteiger partial charge in [-0.2, -0.15) is 0 Å². The van der Waals surface area contributed by atoms with Gasteiger partial charge in [-0.15, -0.1) is 0 Å². The van der Waals surface area contributed by atoms with Crippen molar-refractivity contribution in [1.82, 2.24) is 0 Å². The van der Waals surface area contributed by atoms with Crippen molar-refractivity contribution in [3.05, 3.63) is 99.7 Å². The number of anilines is 2. The molecule has 30 heavy (non-hydrogen) atoms. The zero-order chi connectivity index (χ0) is 21.3. The Balaban J connectivity index is 1.79. The monoisotopic (exact) mass is 459 g/mol. The maximum absolute atomic E-state index is 13.4. The van der Waals surface area contributed by atoms with Crippen molar-refractivity contribution in [2.45, 2.75) is 6.92 Å². The van der Waals surface area contributed by atoms with Crippen molar-refractivity contribution in [1.29, 1.82) is 0 Å². The summed E-state index contributed by atoms with van der Waals surface area (Å²) in [5.74, 6) is 0.480. The highest BCUT2D eigenvalue weighted by Gasteiger charge is 2.33. The van der Waals surface area contributed by atoms with Crippen molar-refractivity contribution in [2.75, 3.05) is 23.9 Å². The first-order valence-corrected chi connectivity index (χ1v) is 10.5. The lowest BCUT2D eigenvalue weighted by Crippen LogP contribution is -2.32. The normalized spacial score (nSPS) is 14.9. The lowest BCUT2D eigenvalue weighted by Gasteiger charge is -2.19. The largest absolute Gasteiger partial charge is 0.378 e. The molecule has 0 radical (unpaired) electrons. The van der Waals surface area contributed by atoms with Crippen LogP contribution in [0.15, 0.2) is 88.0 Å². The van der Waals surface area contributed by atoms with E-state index in [0.717, 1.165) is 32.5 Å². The van der Waals surface area contributed by atoms with E-state index >= 15 is 0 Å². The van der Waals surface area contributed by atoms with Gasteiger partial charge in [-0.3, -0.25) is 9.69 Å². The van der Waals surface area contributed by atoms with Gasteiger partial charge in [0.05, 0.1) is 5.69 Å². The smallest absolute Gasteiger partial charge is 0.282 e. The summed E-state index contributed by atoms with van der Waals surface area (Å²) in [6.07, 6.45) is 1.84. The van der Waals surface area contributed by atoms with Gasteiger partial charge < -0.3 is 4.90 Å². The molecule has 0 aliphatic carbocycles. The van der Waals surface area contributed by atoms with Crippen LogP contribution in [-0.2, 0) is 4.79 Å². The number of benzene rings is 3. The van der Waals surface area contributed by atoms with Crippen LogP contribution in [0.3, 0.4) is 0 Å². The Morgan fingerprint density at radius 1 is 0.933 bits per heavy atom. The summed E-state index contributed by atoms with van der Waals surface area (Å²) in [7, 11) is 4.00. The molecule has 150 valence electrons. The maximum Gasteiger partial charge on any atom is 0.282 e. The quantitative estimate of drug-likeness (QED) is 0.472. The molecule has 1 amide bonds. The number of hydrogen-bond donors (Lipinski definition) is 0. The third-order valence-corrected chi connectivity index (χ3v) is 5.67. The fourth-order valence-electron chi connectivity index (χ4n) is 3.30. The van der Waals surface area contributed by atoms with Gasteiger partial charge in [-0.05, 0) is 48.9 Å². The molecule has 0 unspecified atom stereocenters. The number of carbonyl (C=O) groups is 1. The highest BCUT2D eigenvalue weighted by molar-refractivity contribution is 9.10. The van der Waals surface area contributed by atoms with Gasteiger partial charge in [0, 0.05) is 29.8 Å². The van der Waals surface area contributed by atoms with Crippen LogP contribution in [0, 0.1) is 6.92 Å². The van der Waals surface area contributed by atoms with Crippen molar-refractivity contribution in [3.63, 3.8) is 0 Å². The van der Waals surface area contributed by atoms with Crippen LogP contribution in [-0.4, -0.2) is 25.8 Å². The molecule has 4 nitrogen and oxygen atoms in total. The SMILES string of the molecule is Cc1ccc(N2C(=O)/C(=C\c3ccc(N(C)C)cc3)N=C2c2ccccc2Br)cc1. The van der Waals surface area contributed by atoms with Crippen LogP contribution < -0.4 is 9.80 Å². The van der Waals surface area contributed by atoms with E-state index in [2.05, 4.69) is 15.9 Å². The molecule has 0 N–H and O–H groups in total. The van der Waals surface area contributed by atoms with E-state index in [9.17, 15) is 4.79 Å². The zero-order valence-corrected chi connectivity index (χ0v) is 18.7. The molecule has 3 aromatic carbocycles. The molecular formula is C25H22BrN3O. The number of aryl methyl sites for hydroxylation is 1. The van der Waals surface area contributed by atoms with Gasteiger partial charge in [0.15, 0.2) is 0 Å². The Hall–Kier alpha value is -3.18. The van der Waals surface area contributed by atoms with Gasteiger partial charge in [0.25, 0.3) is 5.91 Å². The minimum atomic E-state index is -0.138. The minimum absolute atomic E-state index is 0.138. The number of rotatable bonds is 4. The number of carbonyl (C=O) groups excluding carboxylic acids is 1. The standard InChI is InChI=1S/C25H22BrN3O/c1-17-8-12-20(13-9-17)29-24(21-6-4-5-7-22(21)26)27-23(25(29)30)16-18-10-14-19(15-11-18)28(2)3/h4-16H,1-3H3/b23-16+. The van der Waals surface area contributed by atoms with Crippen molar-refractivity contribution in [2.24, 2.45) is 4.99 Å². The van der Waals surface area contributed by atoms with Gasteiger partial charge in [-0.25, -0.2) is 4.99 Å². The van der Waals surface area contributed by atoms with E-state index in [1.165, 1.54) is 0 Å². The first-order valence-electron chi connectivity index (χ1n) is 9.68. The van der Waals surface area contributed by atoms with Crippen LogP contribution in [0.25, 0.3) is 6.08 Å². The molecule has 0 bridgehead atoms. The summed E-state index contributed by atoms with van der Waals surface area (Å²) in [6.45, 7) is 2.03. The molecule has 0 spiro atoms. The summed E-state index contributed by atoms with van der Waals surface area (Å²) >= 11 is 3.60. The lowest BCUT2D eigenvalue weighted by atomic mass is 10.1. The Labute approximate surface area is 185 Å². The fraction of sp³-hybridized carbons (Fsp3) is 0.120. The zero-order valence-electron chi connectivity index (χ0n) is 17.1. The minimum Gasteiger partial charge on any atom is -0.378 e. The van der Waals surface area contributed by atoms with Crippen LogP contribution in [0.5, 0.6) is 0 Å². The first kappa shape index (κ1) is 20.1. The van der Waals surface area contributed by atoms with Crippen LogP contribution in [0.1, 0.15) is 16.7 Å². The molecule has 0 saturated carbocycles. The molecule has 1 heterocycles. The highest BCUT2D eigenvalue weighted by Crippen LogP contribution is 2.30. The third-order valence-electron chi connectivity index (χ3n) is 4.98. The Morgan fingerprint density at radius 2 is 1.60 bits per heavy atom. The van der Waals surface area contributed by atoms with Crippen molar-refractivity contribution >= 4 is 45.1 Å². The van der Waals surface area contributed by atoms with Crippen molar-refractivity contribution in [3.8, 4) is 0 Å². The lowest BCUT2D eigenvalue weighted by molar-refractivity contribution is -0.113. The van der Waals surface area contributed by atoms with E-state index in [1.54, 1.807) is 4.90 Å². The summed E-state index contributed by atoms with van der Waals surface area (Å²) in [4.78, 5) is 21.9. The number of aliphatic imine (C=N–C) groups is 1. The number of amides is 1. The number of halogens is 1. The maximum atomic E-state index is 13.4. The highest BCUT2D eigenvalue weighted by atomic mass is 79.9. The molecule has 5 heteroatoms. The second-order valence-corrected chi connectivity index (χ2v) is 8.26. The van der Waals surface area contributed by atoms with Gasteiger partial charge in [0.1, 0.15) is 11.5 Å². The molecule has 3 aromatic rings. The summed E-state index contributed by atoms with van der Waals surface area (Å²) < 4.78 is 0.894. The average Bonchev–Trinajstić information content (AvgIpc) is 3.05. The summed E-state index contributed by atoms with van der Waals surface area (Å²) in [5.41, 5.74) is 5.27. The number of nitrogens with zero attached hydrogens (tertiary/aromatic N) is 3. The van der Waals surface area contributed by atoms with Crippen molar-refractivity contribution < 1.29 is 4.79 Å². The van der Waals surface area contributed by atoms with E-state index in [4.69, 9.17) is 4.99 Å². The van der Waals surface area contributed by atoms with E-state index in [-0.39, 0.29) is 5.91 Å². The second kappa shape index (κ2) is 8.28. The molecule has 0 fully saturated rings. The Bertz CT molecular complexity index is 1150. The van der Waals surface area contributed by atoms with Crippen LogP contribution in [0.4, 0.5) is 11.4 Å². The first-order chi connectivity index (χ1) is 14.4. The molecular weight excluding hydrogens is 438 g/mol. The van der Waals surface area contributed by atoms with Gasteiger partial charge in [0.2, 0.25) is 0 Å². The summed E-state index contributed by atoms with van der Waals surface area (Å²) in [6, 6.07) is 23.8. The number of amidine groups is 1. The van der Waals surface area contributed by atoms with Gasteiger partial charge >= 0.3 is 0 Å². The molecule has 0 atom stereocenters. The van der Waals surface area contributed by atoms with E-state index in [1.807, 2.05) is 105 Å². The van der Waals surface area contributed by atoms with Crippen LogP contribution in [0.2, 0.25) is 0 Å². The van der Waals surface area contributed by atoms with Gasteiger partial charge in [-0.1, -0.05) is 64.0 Å². The van der Waals surface area contributed by atoms with Crippen LogP contribution >= 0.6 is 15.9 Å². The molecule has 0 aromatic heterocycles. The third kappa shape index (κ3) is 3.94. The Kier molecular flexibility index (Phi) is 5.55. The predicted octanol–water partition coefficient (Wildman–Crippen LogP) is 5.66. The molecule has 4 rings (SSSR count). The number of hydrogen-bond acceptors (Lipinski definition) is 3. The molecule has 1 aliphatic rings. The van der Waals surface area contributed by atoms with E-state index < -0.39 is 0 Å². The van der Waals surface area contributed by atoms with E-state index in [0.29, 0.717) is 11.5 Å². The fourth-order valence-corrected chi connectivity index (χ4v) is 3.76. The second-order valence-electron chi connectivity index (χ2n) is 7.41. The summed E-state index contributed by atoms with van der Waals surface area (Å²) in [5, 5.41) is 0. The average molecular weight is 460 g/mol. The topological polar surface area (TPSA) is 35.9 Å².